The van der Waals surface area contributed by atoms with Crippen LogP contribution in [0.3, 0.4) is 0 Å². The lowest BCUT2D eigenvalue weighted by Crippen LogP contribution is -2.19. The molecule has 3 N–H and O–H groups in total. The predicted octanol–water partition coefficient (Wildman–Crippen LogP) is 0.902. The maximum Gasteiger partial charge on any atom is 0.221 e. The highest BCUT2D eigenvalue weighted by Crippen LogP contribution is 2.26. The summed E-state index contributed by atoms with van der Waals surface area (Å²) in [5.41, 5.74) is 6.86. The van der Waals surface area contributed by atoms with Crippen molar-refractivity contribution in [2.24, 2.45) is 0 Å². The van der Waals surface area contributed by atoms with Crippen LogP contribution < -0.4 is 15.8 Å². The summed E-state index contributed by atoms with van der Waals surface area (Å²) in [5.74, 6) is -0.235. The number of nitrogens with one attached hydrogen (secondary N) is 1. The lowest BCUT2D eigenvalue weighted by Gasteiger charge is -2.07. The third-order valence-corrected chi connectivity index (χ3v) is 2.89. The maximum absolute atomic E-state index is 13.6. The van der Waals surface area contributed by atoms with Gasteiger partial charge in [0.2, 0.25) is 11.9 Å². The molecular weight excluding hydrogens is 251 g/mol. The number of nitrogen functional groups attached to an aromatic ring is 1. The van der Waals surface area contributed by atoms with Crippen LogP contribution in [-0.2, 0) is 11.3 Å². The zero-order chi connectivity index (χ0) is 14.0. The molecule has 1 amide bonds. The van der Waals surface area contributed by atoms with E-state index < -0.39 is 5.82 Å². The molecular formula is C12H15FN4O2. The first-order chi connectivity index (χ1) is 9.06. The zero-order valence-electron chi connectivity index (χ0n) is 10.7. The molecule has 0 radical (unpaired) electrons. The normalized spacial score (nSPS) is 10.7. The van der Waals surface area contributed by atoms with Gasteiger partial charge in [0, 0.05) is 32.1 Å². The van der Waals surface area contributed by atoms with Gasteiger partial charge < -0.3 is 20.4 Å². The molecule has 2 rings (SSSR count). The number of nitrogens with zero attached hydrogens (tertiary/aromatic N) is 2. The van der Waals surface area contributed by atoms with Gasteiger partial charge in [-0.05, 0) is 0 Å². The van der Waals surface area contributed by atoms with E-state index >= 15 is 0 Å². The van der Waals surface area contributed by atoms with Gasteiger partial charge in [-0.1, -0.05) is 0 Å². The van der Waals surface area contributed by atoms with Crippen molar-refractivity contribution >= 4 is 22.9 Å². The molecule has 7 heteroatoms. The highest BCUT2D eigenvalue weighted by Gasteiger charge is 2.13. The van der Waals surface area contributed by atoms with Crippen LogP contribution in [0.15, 0.2) is 12.1 Å². The first-order valence-corrected chi connectivity index (χ1v) is 5.76. The van der Waals surface area contributed by atoms with Crippen molar-refractivity contribution in [3.63, 3.8) is 0 Å². The SMILES string of the molecule is CNC(=O)CCn1c(N)nc2cc(F)c(OC)cc21. The Balaban J connectivity index is 2.42. The standard InChI is InChI=1S/C12H15FN4O2/c1-15-11(18)3-4-17-9-6-10(19-2)7(13)5-8(9)16-12(17)14/h5-6H,3-4H2,1-2H3,(H2,14,16)(H,15,18). The Morgan fingerprint density at radius 3 is 2.95 bits per heavy atom. The van der Waals surface area contributed by atoms with Crippen molar-refractivity contribution in [2.45, 2.75) is 13.0 Å². The highest BCUT2D eigenvalue weighted by atomic mass is 19.1. The number of aromatic nitrogens is 2. The van der Waals surface area contributed by atoms with E-state index in [4.69, 9.17) is 10.5 Å². The molecule has 1 aromatic carbocycles. The molecule has 0 atom stereocenters. The minimum Gasteiger partial charge on any atom is -0.494 e. The van der Waals surface area contributed by atoms with Gasteiger partial charge in [-0.2, -0.15) is 0 Å². The number of amides is 1. The molecule has 2 aromatic rings. The molecule has 0 saturated carbocycles. The average molecular weight is 266 g/mol. The molecule has 0 aliphatic heterocycles. The zero-order valence-corrected chi connectivity index (χ0v) is 10.7. The topological polar surface area (TPSA) is 82.2 Å². The molecule has 19 heavy (non-hydrogen) atoms. The molecule has 0 bridgehead atoms. The van der Waals surface area contributed by atoms with Gasteiger partial charge in [0.15, 0.2) is 11.6 Å². The summed E-state index contributed by atoms with van der Waals surface area (Å²) in [4.78, 5) is 15.3. The quantitative estimate of drug-likeness (QED) is 0.861. The number of aryl methyl sites for hydroxylation is 1. The summed E-state index contributed by atoms with van der Waals surface area (Å²) >= 11 is 0. The summed E-state index contributed by atoms with van der Waals surface area (Å²) in [5, 5.41) is 2.53. The molecule has 102 valence electrons. The number of anilines is 1. The predicted molar refractivity (Wildman–Crippen MR) is 69.3 cm³/mol. The lowest BCUT2D eigenvalue weighted by atomic mass is 10.2. The number of carbonyl (C=O) groups is 1. The van der Waals surface area contributed by atoms with Gasteiger partial charge in [0.1, 0.15) is 0 Å². The highest BCUT2D eigenvalue weighted by molar-refractivity contribution is 5.81. The van der Waals surface area contributed by atoms with Crippen molar-refractivity contribution in [1.29, 1.82) is 0 Å². The number of hydrogen-bond acceptors (Lipinski definition) is 4. The van der Waals surface area contributed by atoms with E-state index in [1.165, 1.54) is 19.2 Å². The van der Waals surface area contributed by atoms with Gasteiger partial charge in [-0.3, -0.25) is 4.79 Å². The Morgan fingerprint density at radius 1 is 1.58 bits per heavy atom. The average Bonchev–Trinajstić information content (AvgIpc) is 2.69. The Labute approximate surface area is 109 Å². The molecule has 0 spiro atoms. The Hall–Kier alpha value is -2.31. The third kappa shape index (κ3) is 2.44. The summed E-state index contributed by atoms with van der Waals surface area (Å²) in [6.45, 7) is 0.372. The van der Waals surface area contributed by atoms with Crippen LogP contribution in [0, 0.1) is 5.82 Å². The molecule has 1 aromatic heterocycles. The number of methoxy groups -OCH3 is 1. The van der Waals surface area contributed by atoms with Crippen LogP contribution in [-0.4, -0.2) is 29.6 Å². The van der Waals surface area contributed by atoms with Crippen molar-refractivity contribution in [1.82, 2.24) is 14.9 Å². The monoisotopic (exact) mass is 266 g/mol. The van der Waals surface area contributed by atoms with E-state index in [2.05, 4.69) is 10.3 Å². The number of imidazole rings is 1. The van der Waals surface area contributed by atoms with E-state index in [1.807, 2.05) is 0 Å². The number of ether oxygens (including phenoxy) is 1. The second-order valence-electron chi connectivity index (χ2n) is 4.02. The second-order valence-corrected chi connectivity index (χ2v) is 4.02. The Morgan fingerprint density at radius 2 is 2.32 bits per heavy atom. The molecule has 0 saturated heterocycles. The smallest absolute Gasteiger partial charge is 0.221 e. The van der Waals surface area contributed by atoms with Crippen molar-refractivity contribution in [3.05, 3.63) is 17.9 Å². The van der Waals surface area contributed by atoms with Crippen LogP contribution in [0.4, 0.5) is 10.3 Å². The van der Waals surface area contributed by atoms with Gasteiger partial charge in [0.05, 0.1) is 18.1 Å². The van der Waals surface area contributed by atoms with E-state index in [1.54, 1.807) is 11.6 Å². The Kier molecular flexibility index (Phi) is 3.55. The molecule has 0 aliphatic rings. The fraction of sp³-hybridized carbons (Fsp3) is 0.333. The van der Waals surface area contributed by atoms with Gasteiger partial charge in [0.25, 0.3) is 0 Å². The largest absolute Gasteiger partial charge is 0.494 e. The number of fused-ring (bicyclic) bond motifs is 1. The second kappa shape index (κ2) is 5.13. The van der Waals surface area contributed by atoms with Crippen LogP contribution in [0.2, 0.25) is 0 Å². The third-order valence-electron chi connectivity index (χ3n) is 2.89. The van der Waals surface area contributed by atoms with E-state index in [9.17, 15) is 9.18 Å². The Bertz CT molecular complexity index is 624. The summed E-state index contributed by atoms with van der Waals surface area (Å²) < 4.78 is 20.1. The summed E-state index contributed by atoms with van der Waals surface area (Å²) in [7, 11) is 2.95. The molecule has 0 unspecified atom stereocenters. The first kappa shape index (κ1) is 13.1. The fourth-order valence-electron chi connectivity index (χ4n) is 1.87. The summed E-state index contributed by atoms with van der Waals surface area (Å²) in [6.07, 6.45) is 0.270. The number of nitrogens with two attached hydrogens (primary N) is 1. The van der Waals surface area contributed by atoms with Gasteiger partial charge in [-0.15, -0.1) is 0 Å². The number of carbonyl (C=O) groups excluding carboxylic acids is 1. The van der Waals surface area contributed by atoms with Crippen LogP contribution in [0.5, 0.6) is 5.75 Å². The van der Waals surface area contributed by atoms with Gasteiger partial charge in [-0.25, -0.2) is 9.37 Å². The van der Waals surface area contributed by atoms with Crippen molar-refractivity contribution < 1.29 is 13.9 Å². The van der Waals surface area contributed by atoms with Crippen molar-refractivity contribution in [3.8, 4) is 5.75 Å². The molecule has 6 nitrogen and oxygen atoms in total. The lowest BCUT2D eigenvalue weighted by molar-refractivity contribution is -0.120. The van der Waals surface area contributed by atoms with Crippen LogP contribution >= 0.6 is 0 Å². The maximum atomic E-state index is 13.6. The van der Waals surface area contributed by atoms with E-state index in [-0.39, 0.29) is 24.0 Å². The number of rotatable bonds is 4. The van der Waals surface area contributed by atoms with E-state index in [0.717, 1.165) is 0 Å². The molecule has 1 heterocycles. The number of benzene rings is 1. The minimum absolute atomic E-state index is 0.102. The number of hydrogen-bond donors (Lipinski definition) is 2. The van der Waals surface area contributed by atoms with Crippen molar-refractivity contribution in [2.75, 3.05) is 19.9 Å². The van der Waals surface area contributed by atoms with Crippen LogP contribution in [0.1, 0.15) is 6.42 Å². The van der Waals surface area contributed by atoms with E-state index in [0.29, 0.717) is 17.6 Å². The minimum atomic E-state index is -0.494. The first-order valence-electron chi connectivity index (χ1n) is 5.76. The number of halogens is 1. The molecule has 0 aliphatic carbocycles. The van der Waals surface area contributed by atoms with Gasteiger partial charge >= 0.3 is 0 Å². The fourth-order valence-corrected chi connectivity index (χ4v) is 1.87. The summed E-state index contributed by atoms with van der Waals surface area (Å²) in [6, 6.07) is 2.79. The molecule has 0 fully saturated rings. The van der Waals surface area contributed by atoms with Crippen LogP contribution in [0.25, 0.3) is 11.0 Å².